The molecule has 0 unspecified atom stereocenters. The van der Waals surface area contributed by atoms with Crippen LogP contribution in [0.1, 0.15) is 27.2 Å². The first-order chi connectivity index (χ1) is 13.7. The molecule has 0 fully saturated rings. The molecule has 1 aliphatic carbocycles. The summed E-state index contributed by atoms with van der Waals surface area (Å²) < 4.78 is 4.96. The van der Waals surface area contributed by atoms with Crippen molar-refractivity contribution in [2.75, 3.05) is 11.9 Å². The third-order valence-corrected chi connectivity index (χ3v) is 5.57. The zero-order chi connectivity index (χ0) is 19.5. The Labute approximate surface area is 164 Å². The van der Waals surface area contributed by atoms with E-state index in [4.69, 9.17) is 4.74 Å². The molecule has 1 N–H and O–H groups in total. The SMILES string of the molecule is N#Cc1c(NC(=O)COC(=O)c2cnccn2)sc2c1CCc1ccccc1-2. The summed E-state index contributed by atoms with van der Waals surface area (Å²) in [5, 5.41) is 12.8. The van der Waals surface area contributed by atoms with E-state index in [1.807, 2.05) is 18.2 Å². The van der Waals surface area contributed by atoms with E-state index in [1.54, 1.807) is 0 Å². The standard InChI is InChI=1S/C20H14N4O3S/c21-9-15-14-6-5-12-3-1-2-4-13(12)18(14)28-19(15)24-17(25)11-27-20(26)16-10-22-7-8-23-16/h1-4,7-8,10H,5-6,11H2,(H,24,25). The first-order valence-electron chi connectivity index (χ1n) is 8.54. The Morgan fingerprint density at radius 2 is 2.11 bits per heavy atom. The van der Waals surface area contributed by atoms with Gasteiger partial charge in [-0.3, -0.25) is 9.78 Å². The summed E-state index contributed by atoms with van der Waals surface area (Å²) in [7, 11) is 0. The number of ether oxygens (including phenoxy) is 1. The Hall–Kier alpha value is -3.57. The van der Waals surface area contributed by atoms with Gasteiger partial charge in [0.25, 0.3) is 5.91 Å². The van der Waals surface area contributed by atoms with E-state index in [1.165, 1.54) is 35.5 Å². The van der Waals surface area contributed by atoms with Gasteiger partial charge in [0.05, 0.1) is 11.8 Å². The predicted molar refractivity (Wildman–Crippen MR) is 103 cm³/mol. The van der Waals surface area contributed by atoms with Gasteiger partial charge in [-0.2, -0.15) is 5.26 Å². The molecule has 0 aliphatic heterocycles. The number of aromatic nitrogens is 2. The smallest absolute Gasteiger partial charge is 0.359 e. The van der Waals surface area contributed by atoms with Gasteiger partial charge < -0.3 is 10.1 Å². The van der Waals surface area contributed by atoms with Crippen molar-refractivity contribution < 1.29 is 14.3 Å². The van der Waals surface area contributed by atoms with E-state index >= 15 is 0 Å². The summed E-state index contributed by atoms with van der Waals surface area (Å²) in [6.07, 6.45) is 5.67. The van der Waals surface area contributed by atoms with Gasteiger partial charge in [-0.1, -0.05) is 24.3 Å². The summed E-state index contributed by atoms with van der Waals surface area (Å²) in [6, 6.07) is 10.3. The van der Waals surface area contributed by atoms with Crippen LogP contribution in [0.5, 0.6) is 0 Å². The van der Waals surface area contributed by atoms with Crippen molar-refractivity contribution in [1.29, 1.82) is 5.26 Å². The number of esters is 1. The van der Waals surface area contributed by atoms with Crippen LogP contribution in [0.15, 0.2) is 42.9 Å². The monoisotopic (exact) mass is 390 g/mol. The average Bonchev–Trinajstić information content (AvgIpc) is 3.10. The predicted octanol–water partition coefficient (Wildman–Crippen LogP) is 2.97. The number of hydrogen-bond donors (Lipinski definition) is 1. The molecule has 7 nitrogen and oxygen atoms in total. The van der Waals surface area contributed by atoms with Crippen molar-refractivity contribution in [3.8, 4) is 16.5 Å². The first-order valence-corrected chi connectivity index (χ1v) is 9.36. The largest absolute Gasteiger partial charge is 0.451 e. The number of fused-ring (bicyclic) bond motifs is 3. The lowest BCUT2D eigenvalue weighted by Crippen LogP contribution is -2.21. The van der Waals surface area contributed by atoms with E-state index < -0.39 is 18.5 Å². The average molecular weight is 390 g/mol. The van der Waals surface area contributed by atoms with E-state index in [0.717, 1.165) is 28.8 Å². The Morgan fingerprint density at radius 1 is 1.25 bits per heavy atom. The second-order valence-corrected chi connectivity index (χ2v) is 7.12. The number of hydrogen-bond acceptors (Lipinski definition) is 7. The number of carbonyl (C=O) groups excluding carboxylic acids is 2. The molecule has 0 radical (unpaired) electrons. The van der Waals surface area contributed by atoms with Gasteiger partial charge in [-0.05, 0) is 29.5 Å². The molecule has 0 saturated carbocycles. The summed E-state index contributed by atoms with van der Waals surface area (Å²) in [5.74, 6) is -1.25. The Kier molecular flexibility index (Phi) is 4.83. The molecule has 138 valence electrons. The minimum atomic E-state index is -0.733. The van der Waals surface area contributed by atoms with Crippen LogP contribution in [-0.4, -0.2) is 28.5 Å². The molecule has 0 spiro atoms. The van der Waals surface area contributed by atoms with Crippen molar-refractivity contribution in [1.82, 2.24) is 9.97 Å². The molecule has 0 bridgehead atoms. The lowest BCUT2D eigenvalue weighted by atomic mass is 9.90. The van der Waals surface area contributed by atoms with Gasteiger partial charge >= 0.3 is 5.97 Å². The Morgan fingerprint density at radius 3 is 2.89 bits per heavy atom. The zero-order valence-electron chi connectivity index (χ0n) is 14.6. The molecular formula is C20H14N4O3S. The fourth-order valence-electron chi connectivity index (χ4n) is 3.12. The fourth-order valence-corrected chi connectivity index (χ4v) is 4.40. The van der Waals surface area contributed by atoms with Crippen LogP contribution in [0, 0.1) is 11.3 Å². The fraction of sp³-hybridized carbons (Fsp3) is 0.150. The molecule has 28 heavy (non-hydrogen) atoms. The van der Waals surface area contributed by atoms with Crippen LogP contribution in [0.25, 0.3) is 10.4 Å². The van der Waals surface area contributed by atoms with Crippen molar-refractivity contribution in [3.05, 3.63) is 65.2 Å². The molecule has 2 heterocycles. The zero-order valence-corrected chi connectivity index (χ0v) is 15.5. The molecule has 2 aromatic heterocycles. The van der Waals surface area contributed by atoms with Crippen LogP contribution >= 0.6 is 11.3 Å². The maximum atomic E-state index is 12.2. The molecule has 0 atom stereocenters. The molecule has 1 aliphatic rings. The number of amides is 1. The van der Waals surface area contributed by atoms with Crippen LogP contribution in [0.2, 0.25) is 0 Å². The Bertz CT molecular complexity index is 1100. The van der Waals surface area contributed by atoms with E-state index in [-0.39, 0.29) is 5.69 Å². The molecule has 1 amide bonds. The topological polar surface area (TPSA) is 105 Å². The number of carbonyl (C=O) groups is 2. The minimum absolute atomic E-state index is 0.0243. The lowest BCUT2D eigenvalue weighted by Gasteiger charge is -2.15. The highest BCUT2D eigenvalue weighted by atomic mass is 32.1. The van der Waals surface area contributed by atoms with Crippen LogP contribution in [-0.2, 0) is 22.4 Å². The normalized spacial score (nSPS) is 11.7. The minimum Gasteiger partial charge on any atom is -0.451 e. The molecular weight excluding hydrogens is 376 g/mol. The number of aryl methyl sites for hydroxylation is 1. The van der Waals surface area contributed by atoms with E-state index in [0.29, 0.717) is 10.6 Å². The third-order valence-electron chi connectivity index (χ3n) is 4.38. The maximum absolute atomic E-state index is 12.2. The van der Waals surface area contributed by atoms with Gasteiger partial charge in [0.15, 0.2) is 12.3 Å². The number of rotatable bonds is 4. The van der Waals surface area contributed by atoms with E-state index in [9.17, 15) is 14.9 Å². The summed E-state index contributed by atoms with van der Waals surface area (Å²) >= 11 is 1.37. The maximum Gasteiger partial charge on any atom is 0.359 e. The molecule has 0 saturated heterocycles. The highest BCUT2D eigenvalue weighted by molar-refractivity contribution is 7.20. The number of nitrogens with one attached hydrogen (secondary N) is 1. The molecule has 8 heteroatoms. The number of nitriles is 1. The summed E-state index contributed by atoms with van der Waals surface area (Å²) in [6.45, 7) is -0.473. The van der Waals surface area contributed by atoms with Crippen molar-refractivity contribution >= 4 is 28.2 Å². The molecule has 3 aromatic rings. The van der Waals surface area contributed by atoms with Crippen molar-refractivity contribution in [3.63, 3.8) is 0 Å². The highest BCUT2D eigenvalue weighted by Gasteiger charge is 2.25. The van der Waals surface area contributed by atoms with Gasteiger partial charge in [-0.15, -0.1) is 11.3 Å². The lowest BCUT2D eigenvalue weighted by molar-refractivity contribution is -0.119. The third kappa shape index (κ3) is 3.35. The van der Waals surface area contributed by atoms with Crippen LogP contribution < -0.4 is 5.32 Å². The highest BCUT2D eigenvalue weighted by Crippen LogP contribution is 2.44. The van der Waals surface area contributed by atoms with Crippen molar-refractivity contribution in [2.24, 2.45) is 0 Å². The van der Waals surface area contributed by atoms with Crippen LogP contribution in [0.4, 0.5) is 5.00 Å². The van der Waals surface area contributed by atoms with Gasteiger partial charge in [0.1, 0.15) is 11.1 Å². The van der Waals surface area contributed by atoms with Gasteiger partial charge in [0, 0.05) is 17.3 Å². The van der Waals surface area contributed by atoms with E-state index in [2.05, 4.69) is 27.4 Å². The van der Waals surface area contributed by atoms with Crippen LogP contribution in [0.3, 0.4) is 0 Å². The first kappa shape index (κ1) is 17.8. The van der Waals surface area contributed by atoms with Gasteiger partial charge in [0.2, 0.25) is 0 Å². The number of benzene rings is 1. The number of thiophene rings is 1. The number of nitrogens with zero attached hydrogens (tertiary/aromatic N) is 3. The second kappa shape index (κ2) is 7.58. The summed E-state index contributed by atoms with van der Waals surface area (Å²) in [5.41, 5.74) is 3.79. The quantitative estimate of drug-likeness (QED) is 0.687. The number of anilines is 1. The Balaban J connectivity index is 1.50. The molecule has 1 aromatic carbocycles. The van der Waals surface area contributed by atoms with Crippen molar-refractivity contribution in [2.45, 2.75) is 12.8 Å². The van der Waals surface area contributed by atoms with Gasteiger partial charge in [-0.25, -0.2) is 9.78 Å². The molecule has 4 rings (SSSR count). The summed E-state index contributed by atoms with van der Waals surface area (Å²) in [4.78, 5) is 32.7. The second-order valence-electron chi connectivity index (χ2n) is 6.10.